The molecule has 0 atom stereocenters. The van der Waals surface area contributed by atoms with Crippen molar-refractivity contribution in [3.05, 3.63) is 0 Å². The highest BCUT2D eigenvalue weighted by atomic mass is 16.1. The van der Waals surface area contributed by atoms with Gasteiger partial charge in [0.25, 0.3) is 0 Å². The summed E-state index contributed by atoms with van der Waals surface area (Å²) in [7, 11) is 0. The van der Waals surface area contributed by atoms with Gasteiger partial charge in [0.2, 0.25) is 0 Å². The summed E-state index contributed by atoms with van der Waals surface area (Å²) in [5, 5.41) is 0. The van der Waals surface area contributed by atoms with Crippen LogP contribution in [0.2, 0.25) is 0 Å². The second-order valence-corrected chi connectivity index (χ2v) is 2.12. The minimum atomic E-state index is -0.0299. The molecular weight excluding hydrogens is 128 g/mol. The fourth-order valence-corrected chi connectivity index (χ4v) is 0.518. The van der Waals surface area contributed by atoms with E-state index in [1.54, 1.807) is 0 Å². The standard InChI is InChI=1S/C8H10O2/c1-3-4-8(10)6-5-7(2)9/h1H,4-6H2,2H3. The fraction of sp³-hybridized carbons (Fsp3) is 0.500. The first-order chi connectivity index (χ1) is 4.66. The summed E-state index contributed by atoms with van der Waals surface area (Å²) in [6, 6.07) is 0. The number of hydrogen-bond donors (Lipinski definition) is 0. The monoisotopic (exact) mass is 138 g/mol. The molecule has 0 bridgehead atoms. The highest BCUT2D eigenvalue weighted by molar-refractivity contribution is 5.85. The summed E-state index contributed by atoms with van der Waals surface area (Å²) >= 11 is 0. The first-order valence-corrected chi connectivity index (χ1v) is 3.11. The minimum Gasteiger partial charge on any atom is -0.300 e. The second-order valence-electron chi connectivity index (χ2n) is 2.12. The lowest BCUT2D eigenvalue weighted by molar-refractivity contribution is -0.122. The fourth-order valence-electron chi connectivity index (χ4n) is 0.518. The molecule has 0 aliphatic heterocycles. The molecule has 0 unspecified atom stereocenters. The van der Waals surface area contributed by atoms with Crippen molar-refractivity contribution < 1.29 is 9.59 Å². The van der Waals surface area contributed by atoms with E-state index in [9.17, 15) is 9.59 Å². The molecule has 0 amide bonds. The van der Waals surface area contributed by atoms with E-state index in [0.717, 1.165) is 0 Å². The number of carbonyl (C=O) groups is 2. The van der Waals surface area contributed by atoms with Crippen molar-refractivity contribution in [1.29, 1.82) is 0 Å². The SMILES string of the molecule is C#CCC(=O)CCC(C)=O. The van der Waals surface area contributed by atoms with E-state index < -0.39 is 0 Å². The predicted molar refractivity (Wildman–Crippen MR) is 38.4 cm³/mol. The van der Waals surface area contributed by atoms with E-state index in [1.165, 1.54) is 6.92 Å². The lowest BCUT2D eigenvalue weighted by Gasteiger charge is -1.90. The van der Waals surface area contributed by atoms with Crippen LogP contribution in [0.25, 0.3) is 0 Å². The Labute approximate surface area is 60.6 Å². The molecule has 2 nitrogen and oxygen atoms in total. The van der Waals surface area contributed by atoms with E-state index in [1.807, 2.05) is 0 Å². The number of terminal acetylenes is 1. The van der Waals surface area contributed by atoms with Crippen molar-refractivity contribution in [1.82, 2.24) is 0 Å². The van der Waals surface area contributed by atoms with Crippen molar-refractivity contribution in [2.24, 2.45) is 0 Å². The Balaban J connectivity index is 3.42. The average molecular weight is 138 g/mol. The van der Waals surface area contributed by atoms with Crippen LogP contribution in [-0.4, -0.2) is 11.6 Å². The lowest BCUT2D eigenvalue weighted by atomic mass is 10.1. The molecule has 0 heterocycles. The van der Waals surface area contributed by atoms with Crippen LogP contribution < -0.4 is 0 Å². The van der Waals surface area contributed by atoms with Gasteiger partial charge >= 0.3 is 0 Å². The number of Topliss-reactive ketones (excluding diaryl/α,β-unsaturated/α-hetero) is 2. The number of hydrogen-bond acceptors (Lipinski definition) is 2. The zero-order valence-electron chi connectivity index (χ0n) is 6.02. The van der Waals surface area contributed by atoms with Crippen LogP contribution in [0.15, 0.2) is 0 Å². The highest BCUT2D eigenvalue weighted by Crippen LogP contribution is 1.94. The zero-order chi connectivity index (χ0) is 7.98. The summed E-state index contributed by atoms with van der Waals surface area (Å²) in [6.07, 6.45) is 5.64. The minimum absolute atomic E-state index is 0.0299. The molecule has 10 heavy (non-hydrogen) atoms. The quantitative estimate of drug-likeness (QED) is 0.542. The van der Waals surface area contributed by atoms with Crippen LogP contribution in [0, 0.1) is 12.3 Å². The molecule has 0 rings (SSSR count). The highest BCUT2D eigenvalue weighted by Gasteiger charge is 2.00. The van der Waals surface area contributed by atoms with Gasteiger partial charge in [0.15, 0.2) is 0 Å². The molecule has 0 fully saturated rings. The van der Waals surface area contributed by atoms with Crippen LogP contribution in [0.4, 0.5) is 0 Å². The first kappa shape index (κ1) is 8.90. The molecule has 0 saturated carbocycles. The lowest BCUT2D eigenvalue weighted by Crippen LogP contribution is -1.99. The van der Waals surface area contributed by atoms with E-state index in [-0.39, 0.29) is 18.0 Å². The maximum Gasteiger partial charge on any atom is 0.145 e. The van der Waals surface area contributed by atoms with Gasteiger partial charge < -0.3 is 4.79 Å². The van der Waals surface area contributed by atoms with Crippen molar-refractivity contribution in [2.75, 3.05) is 0 Å². The third-order valence-corrected chi connectivity index (χ3v) is 1.06. The topological polar surface area (TPSA) is 34.1 Å². The van der Waals surface area contributed by atoms with Gasteiger partial charge in [-0.3, -0.25) is 4.79 Å². The maximum atomic E-state index is 10.7. The third-order valence-electron chi connectivity index (χ3n) is 1.06. The van der Waals surface area contributed by atoms with E-state index >= 15 is 0 Å². The molecular formula is C8H10O2. The normalized spacial score (nSPS) is 8.40. The second kappa shape index (κ2) is 4.75. The van der Waals surface area contributed by atoms with Crippen molar-refractivity contribution in [2.45, 2.75) is 26.2 Å². The molecule has 0 aromatic carbocycles. The number of ketones is 2. The number of rotatable bonds is 4. The third kappa shape index (κ3) is 5.04. The molecule has 0 radical (unpaired) electrons. The molecule has 0 saturated heterocycles. The van der Waals surface area contributed by atoms with Crippen molar-refractivity contribution in [3.63, 3.8) is 0 Å². The Morgan fingerprint density at radius 1 is 1.40 bits per heavy atom. The summed E-state index contributed by atoms with van der Waals surface area (Å²) in [5.74, 6) is 2.23. The van der Waals surface area contributed by atoms with Gasteiger partial charge in [0, 0.05) is 12.8 Å². The van der Waals surface area contributed by atoms with E-state index in [0.29, 0.717) is 12.8 Å². The van der Waals surface area contributed by atoms with Crippen molar-refractivity contribution >= 4 is 11.6 Å². The smallest absolute Gasteiger partial charge is 0.145 e. The van der Waals surface area contributed by atoms with Crippen LogP contribution >= 0.6 is 0 Å². The Morgan fingerprint density at radius 2 is 2.00 bits per heavy atom. The van der Waals surface area contributed by atoms with Crippen molar-refractivity contribution in [3.8, 4) is 12.3 Å². The largest absolute Gasteiger partial charge is 0.300 e. The predicted octanol–water partition coefficient (Wildman–Crippen LogP) is 0.948. The van der Waals surface area contributed by atoms with Gasteiger partial charge in [0.1, 0.15) is 11.6 Å². The molecule has 0 aromatic heterocycles. The van der Waals surface area contributed by atoms with Gasteiger partial charge in [-0.1, -0.05) is 5.92 Å². The molecule has 0 aliphatic rings. The molecule has 0 spiro atoms. The Morgan fingerprint density at radius 3 is 2.40 bits per heavy atom. The van der Waals surface area contributed by atoms with Gasteiger partial charge in [-0.25, -0.2) is 0 Å². The summed E-state index contributed by atoms with van der Waals surface area (Å²) < 4.78 is 0. The van der Waals surface area contributed by atoms with Crippen LogP contribution in [-0.2, 0) is 9.59 Å². The van der Waals surface area contributed by atoms with Crippen LogP contribution in [0.5, 0.6) is 0 Å². The average Bonchev–Trinajstić information content (AvgIpc) is 1.85. The van der Waals surface area contributed by atoms with Gasteiger partial charge in [-0.15, -0.1) is 6.42 Å². The Kier molecular flexibility index (Phi) is 4.23. The first-order valence-electron chi connectivity index (χ1n) is 3.11. The van der Waals surface area contributed by atoms with Gasteiger partial charge in [-0.05, 0) is 6.92 Å². The van der Waals surface area contributed by atoms with E-state index in [4.69, 9.17) is 6.42 Å². The molecule has 0 aromatic rings. The maximum absolute atomic E-state index is 10.7. The van der Waals surface area contributed by atoms with Gasteiger partial charge in [0.05, 0.1) is 6.42 Å². The molecule has 2 heteroatoms. The summed E-state index contributed by atoms with van der Waals surface area (Å²) in [6.45, 7) is 1.46. The number of carbonyl (C=O) groups excluding carboxylic acids is 2. The van der Waals surface area contributed by atoms with Crippen LogP contribution in [0.3, 0.4) is 0 Å². The Hall–Kier alpha value is -1.10. The molecule has 0 N–H and O–H groups in total. The summed E-state index contributed by atoms with van der Waals surface area (Å²) in [4.78, 5) is 21.0. The zero-order valence-corrected chi connectivity index (χ0v) is 6.02. The molecule has 0 aliphatic carbocycles. The van der Waals surface area contributed by atoms with Gasteiger partial charge in [-0.2, -0.15) is 0 Å². The Bertz CT molecular complexity index is 174. The van der Waals surface area contributed by atoms with E-state index in [2.05, 4.69) is 5.92 Å². The molecule has 54 valence electrons. The summed E-state index contributed by atoms with van der Waals surface area (Å²) in [5.41, 5.74) is 0. The van der Waals surface area contributed by atoms with Crippen LogP contribution in [0.1, 0.15) is 26.2 Å².